The standard InChI is InChI=1S/C19H20N4O3S/c24-18(15-3-1-9-20-12-15)26-16-7-5-14(6-8-16)11-22-23-19(27)21-13-17-4-2-10-25-17/h1,3,5-9,11-12,17H,2,4,10,13H2,(H2,21,23,27). The van der Waals surface area contributed by atoms with Crippen LogP contribution in [0.1, 0.15) is 28.8 Å². The molecule has 1 aliphatic rings. The first kappa shape index (κ1) is 18.9. The first-order valence-electron chi connectivity index (χ1n) is 8.61. The Morgan fingerprint density at radius 2 is 2.22 bits per heavy atom. The average Bonchev–Trinajstić information content (AvgIpc) is 3.22. The van der Waals surface area contributed by atoms with Crippen LogP contribution >= 0.6 is 12.2 Å². The van der Waals surface area contributed by atoms with Gasteiger partial charge in [0.2, 0.25) is 0 Å². The molecule has 3 rings (SSSR count). The molecule has 27 heavy (non-hydrogen) atoms. The van der Waals surface area contributed by atoms with Gasteiger partial charge < -0.3 is 14.8 Å². The minimum atomic E-state index is -0.450. The number of thiocarbonyl (C=S) groups is 1. The van der Waals surface area contributed by atoms with E-state index in [4.69, 9.17) is 21.7 Å². The maximum absolute atomic E-state index is 12.0. The molecule has 1 saturated heterocycles. The van der Waals surface area contributed by atoms with E-state index < -0.39 is 5.97 Å². The van der Waals surface area contributed by atoms with Crippen LogP contribution in [-0.2, 0) is 4.74 Å². The van der Waals surface area contributed by atoms with Gasteiger partial charge in [-0.15, -0.1) is 0 Å². The van der Waals surface area contributed by atoms with E-state index in [0.717, 1.165) is 25.0 Å². The van der Waals surface area contributed by atoms with E-state index in [9.17, 15) is 4.79 Å². The molecule has 1 unspecified atom stereocenters. The van der Waals surface area contributed by atoms with Gasteiger partial charge in [-0.2, -0.15) is 5.10 Å². The van der Waals surface area contributed by atoms with Gasteiger partial charge in [0.15, 0.2) is 5.11 Å². The summed E-state index contributed by atoms with van der Waals surface area (Å²) in [6.07, 6.45) is 7.06. The monoisotopic (exact) mass is 384 g/mol. The van der Waals surface area contributed by atoms with Gasteiger partial charge in [-0.25, -0.2) is 4.79 Å². The normalized spacial score (nSPS) is 16.2. The number of benzene rings is 1. The van der Waals surface area contributed by atoms with Crippen molar-refractivity contribution in [1.82, 2.24) is 15.7 Å². The van der Waals surface area contributed by atoms with Crippen LogP contribution in [-0.4, -0.2) is 41.5 Å². The van der Waals surface area contributed by atoms with Crippen LogP contribution in [0.25, 0.3) is 0 Å². The largest absolute Gasteiger partial charge is 0.423 e. The number of esters is 1. The number of hydrogen-bond donors (Lipinski definition) is 2. The van der Waals surface area contributed by atoms with Crippen LogP contribution in [0, 0.1) is 0 Å². The van der Waals surface area contributed by atoms with Gasteiger partial charge in [0, 0.05) is 25.5 Å². The lowest BCUT2D eigenvalue weighted by Gasteiger charge is -2.11. The lowest BCUT2D eigenvalue weighted by atomic mass is 10.2. The summed E-state index contributed by atoms with van der Waals surface area (Å²) in [7, 11) is 0. The number of nitrogens with one attached hydrogen (secondary N) is 2. The number of carbonyl (C=O) groups is 1. The summed E-state index contributed by atoms with van der Waals surface area (Å²) in [5.41, 5.74) is 4.00. The zero-order chi connectivity index (χ0) is 18.9. The Bertz CT molecular complexity index is 790. The summed E-state index contributed by atoms with van der Waals surface area (Å²) in [6, 6.07) is 10.3. The molecule has 140 valence electrons. The van der Waals surface area contributed by atoms with Crippen molar-refractivity contribution in [3.05, 3.63) is 59.9 Å². The second-order valence-electron chi connectivity index (χ2n) is 5.92. The van der Waals surface area contributed by atoms with Gasteiger partial charge in [0.1, 0.15) is 5.75 Å². The highest BCUT2D eigenvalue weighted by Crippen LogP contribution is 2.13. The topological polar surface area (TPSA) is 84.8 Å². The molecule has 1 aromatic carbocycles. The Hall–Kier alpha value is -2.84. The molecule has 2 aromatic rings. The van der Waals surface area contributed by atoms with Gasteiger partial charge in [0.25, 0.3) is 0 Å². The van der Waals surface area contributed by atoms with Gasteiger partial charge >= 0.3 is 5.97 Å². The summed E-state index contributed by atoms with van der Waals surface area (Å²) < 4.78 is 10.8. The fourth-order valence-corrected chi connectivity index (χ4v) is 2.62. The predicted octanol–water partition coefficient (Wildman–Crippen LogP) is 2.28. The molecule has 0 amide bonds. The summed E-state index contributed by atoms with van der Waals surface area (Å²) in [4.78, 5) is 15.9. The predicted molar refractivity (Wildman–Crippen MR) is 106 cm³/mol. The fourth-order valence-electron chi connectivity index (χ4n) is 2.49. The molecule has 2 N–H and O–H groups in total. The molecular formula is C19H20N4O3S. The first-order valence-corrected chi connectivity index (χ1v) is 9.02. The second-order valence-corrected chi connectivity index (χ2v) is 6.32. The Balaban J connectivity index is 1.43. The molecule has 1 fully saturated rings. The number of hydrogen-bond acceptors (Lipinski definition) is 6. The quantitative estimate of drug-likeness (QED) is 0.260. The summed E-state index contributed by atoms with van der Waals surface area (Å²) in [6.45, 7) is 1.50. The van der Waals surface area contributed by atoms with E-state index in [1.54, 1.807) is 48.8 Å². The highest BCUT2D eigenvalue weighted by atomic mass is 32.1. The number of hydrazone groups is 1. The maximum Gasteiger partial charge on any atom is 0.345 e. The maximum atomic E-state index is 12.0. The van der Waals surface area contributed by atoms with E-state index in [0.29, 0.717) is 23.0 Å². The minimum absolute atomic E-state index is 0.218. The van der Waals surface area contributed by atoms with E-state index in [2.05, 4.69) is 20.8 Å². The average molecular weight is 384 g/mol. The van der Waals surface area contributed by atoms with Crippen LogP contribution in [0.2, 0.25) is 0 Å². The molecule has 0 radical (unpaired) electrons. The number of nitrogens with zero attached hydrogens (tertiary/aromatic N) is 2. The van der Waals surface area contributed by atoms with Crippen LogP contribution in [0.3, 0.4) is 0 Å². The Kier molecular flexibility index (Phi) is 6.84. The molecule has 1 aromatic heterocycles. The number of aromatic nitrogens is 1. The molecule has 1 aliphatic heterocycles. The van der Waals surface area contributed by atoms with E-state index in [-0.39, 0.29) is 6.10 Å². The third-order valence-corrected chi connectivity index (χ3v) is 4.12. The van der Waals surface area contributed by atoms with Crippen LogP contribution in [0.15, 0.2) is 53.9 Å². The summed E-state index contributed by atoms with van der Waals surface area (Å²) in [5, 5.41) is 7.61. The molecule has 0 aliphatic carbocycles. The van der Waals surface area contributed by atoms with Crippen molar-refractivity contribution in [3.63, 3.8) is 0 Å². The minimum Gasteiger partial charge on any atom is -0.423 e. The molecule has 1 atom stereocenters. The number of ether oxygens (including phenoxy) is 2. The lowest BCUT2D eigenvalue weighted by Crippen LogP contribution is -2.37. The van der Waals surface area contributed by atoms with Crippen molar-refractivity contribution >= 4 is 29.5 Å². The zero-order valence-corrected chi connectivity index (χ0v) is 15.4. The SMILES string of the molecule is O=C(Oc1ccc(C=NNC(=S)NCC2CCCO2)cc1)c1cccnc1. The lowest BCUT2D eigenvalue weighted by molar-refractivity contribution is 0.0734. The van der Waals surface area contributed by atoms with E-state index in [1.165, 1.54) is 6.20 Å². The van der Waals surface area contributed by atoms with Gasteiger partial charge in [-0.1, -0.05) is 0 Å². The molecule has 8 heteroatoms. The third kappa shape index (κ3) is 6.12. The molecule has 2 heterocycles. The highest BCUT2D eigenvalue weighted by molar-refractivity contribution is 7.80. The number of carbonyl (C=O) groups excluding carboxylic acids is 1. The van der Waals surface area contributed by atoms with Crippen molar-refractivity contribution in [2.24, 2.45) is 5.10 Å². The third-order valence-electron chi connectivity index (χ3n) is 3.88. The summed E-state index contributed by atoms with van der Waals surface area (Å²) >= 11 is 5.16. The highest BCUT2D eigenvalue weighted by Gasteiger charge is 2.15. The van der Waals surface area contributed by atoms with Crippen LogP contribution in [0.5, 0.6) is 5.75 Å². The second kappa shape index (κ2) is 9.75. The van der Waals surface area contributed by atoms with Gasteiger partial charge in [-0.05, 0) is 67.0 Å². The van der Waals surface area contributed by atoms with Gasteiger partial charge in [-0.3, -0.25) is 10.4 Å². The molecule has 0 spiro atoms. The Morgan fingerprint density at radius 3 is 2.93 bits per heavy atom. The van der Waals surface area contributed by atoms with Crippen molar-refractivity contribution in [1.29, 1.82) is 0 Å². The van der Waals surface area contributed by atoms with E-state index >= 15 is 0 Å². The van der Waals surface area contributed by atoms with Crippen LogP contribution in [0.4, 0.5) is 0 Å². The van der Waals surface area contributed by atoms with Crippen molar-refractivity contribution < 1.29 is 14.3 Å². The molecular weight excluding hydrogens is 364 g/mol. The summed E-state index contributed by atoms with van der Waals surface area (Å²) in [5.74, 6) is -0.00318. The molecule has 0 saturated carbocycles. The zero-order valence-electron chi connectivity index (χ0n) is 14.6. The fraction of sp³-hybridized carbons (Fsp3) is 0.263. The molecule has 7 nitrogen and oxygen atoms in total. The van der Waals surface area contributed by atoms with E-state index in [1.807, 2.05) is 0 Å². The first-order chi connectivity index (χ1) is 13.2. The smallest absolute Gasteiger partial charge is 0.345 e. The van der Waals surface area contributed by atoms with Gasteiger partial charge in [0.05, 0.1) is 17.9 Å². The van der Waals surface area contributed by atoms with Crippen molar-refractivity contribution in [2.75, 3.05) is 13.2 Å². The Labute approximate surface area is 162 Å². The van der Waals surface area contributed by atoms with Crippen molar-refractivity contribution in [2.45, 2.75) is 18.9 Å². The number of rotatable bonds is 6. The Morgan fingerprint density at radius 1 is 1.37 bits per heavy atom. The van der Waals surface area contributed by atoms with Crippen LogP contribution < -0.4 is 15.5 Å². The van der Waals surface area contributed by atoms with Crippen molar-refractivity contribution in [3.8, 4) is 5.75 Å². The molecule has 0 bridgehead atoms. The number of pyridine rings is 1.